The zero-order chi connectivity index (χ0) is 18.3. The molecular weight excluding hydrogens is 332 g/mol. The molecule has 1 fully saturated rings. The van der Waals surface area contributed by atoms with E-state index in [1.807, 2.05) is 46.8 Å². The van der Waals surface area contributed by atoms with E-state index in [-0.39, 0.29) is 6.04 Å². The zero-order valence-corrected chi connectivity index (χ0v) is 14.7. The van der Waals surface area contributed by atoms with Crippen molar-refractivity contribution >= 4 is 5.97 Å². The summed E-state index contributed by atoms with van der Waals surface area (Å²) in [5, 5.41) is 9.43. The highest BCUT2D eigenvalue weighted by Gasteiger charge is 2.37. The number of likely N-dealkylation sites (N-methyl/N-ethyl adjacent to an activating group) is 1. The monoisotopic (exact) mass is 352 g/mol. The largest absolute Gasteiger partial charge is 0.480 e. The van der Waals surface area contributed by atoms with Crippen LogP contribution in [0.3, 0.4) is 0 Å². The first-order chi connectivity index (χ1) is 12.5. The van der Waals surface area contributed by atoms with Gasteiger partial charge in [-0.3, -0.25) is 9.69 Å². The van der Waals surface area contributed by atoms with Gasteiger partial charge in [0, 0.05) is 25.1 Å². The Hall–Kier alpha value is -2.93. The first kappa shape index (κ1) is 16.5. The van der Waals surface area contributed by atoms with Gasteiger partial charge in [-0.25, -0.2) is 9.97 Å². The Labute approximate surface area is 150 Å². The van der Waals surface area contributed by atoms with Crippen LogP contribution in [0.1, 0.15) is 18.4 Å². The topological polar surface area (TPSA) is 84.4 Å². The van der Waals surface area contributed by atoms with Gasteiger partial charge in [0.05, 0.1) is 17.7 Å². The molecule has 2 aromatic heterocycles. The molecule has 7 nitrogen and oxygen atoms in total. The van der Waals surface area contributed by atoms with E-state index in [0.29, 0.717) is 24.6 Å². The number of nitrogens with zero attached hydrogens (tertiary/aromatic N) is 4. The predicted octanol–water partition coefficient (Wildman–Crippen LogP) is 2.84. The van der Waals surface area contributed by atoms with Gasteiger partial charge in [-0.2, -0.15) is 0 Å². The fourth-order valence-electron chi connectivity index (χ4n) is 3.63. The molecule has 4 rings (SSSR count). The predicted molar refractivity (Wildman–Crippen MR) is 95.6 cm³/mol. The van der Waals surface area contributed by atoms with Crippen LogP contribution in [0.5, 0.6) is 0 Å². The molecule has 0 saturated carbocycles. The third kappa shape index (κ3) is 2.80. The maximum Gasteiger partial charge on any atom is 0.320 e. The van der Waals surface area contributed by atoms with Crippen molar-refractivity contribution in [2.24, 2.45) is 0 Å². The van der Waals surface area contributed by atoms with Crippen LogP contribution >= 0.6 is 0 Å². The van der Waals surface area contributed by atoms with Crippen LogP contribution in [-0.2, 0) is 4.79 Å². The summed E-state index contributed by atoms with van der Waals surface area (Å²) in [7, 11) is 1.84. The molecule has 3 heterocycles. The van der Waals surface area contributed by atoms with Crippen LogP contribution < -0.4 is 0 Å². The van der Waals surface area contributed by atoms with E-state index in [1.54, 1.807) is 19.5 Å². The number of carboxylic acid groups (broad SMARTS) is 1. The number of imidazole rings is 1. The first-order valence-electron chi connectivity index (χ1n) is 8.52. The summed E-state index contributed by atoms with van der Waals surface area (Å²) in [6.45, 7) is 2.45. The van der Waals surface area contributed by atoms with E-state index in [2.05, 4.69) is 9.97 Å². The highest BCUT2D eigenvalue weighted by Crippen LogP contribution is 2.36. The van der Waals surface area contributed by atoms with Crippen LogP contribution in [0, 0.1) is 6.92 Å². The average Bonchev–Trinajstić information content (AvgIpc) is 3.32. The van der Waals surface area contributed by atoms with Gasteiger partial charge in [0.25, 0.3) is 0 Å². The number of likely N-dealkylation sites (tertiary alicyclic amines) is 1. The van der Waals surface area contributed by atoms with Crippen molar-refractivity contribution in [3.8, 4) is 22.6 Å². The Morgan fingerprint density at radius 3 is 2.69 bits per heavy atom. The van der Waals surface area contributed by atoms with Gasteiger partial charge in [-0.1, -0.05) is 30.3 Å². The molecule has 0 aliphatic carbocycles. The van der Waals surface area contributed by atoms with Crippen molar-refractivity contribution < 1.29 is 14.3 Å². The number of benzene rings is 1. The standard InChI is InChI=1S/C19H20N4O3/c1-12-21-15(10-26-12)18-17(13-6-4-3-5-7-13)20-11-23(18)14-8-16(19(24)25)22(2)9-14/h3-7,10-11,14,16H,8-9H2,1-2H3,(H,24,25)/t14-,16-/m0/s1. The Bertz CT molecular complexity index is 931. The first-order valence-corrected chi connectivity index (χ1v) is 8.52. The van der Waals surface area contributed by atoms with Gasteiger partial charge in [-0.05, 0) is 13.5 Å². The molecule has 1 saturated heterocycles. The summed E-state index contributed by atoms with van der Waals surface area (Å²) in [4.78, 5) is 22.5. The van der Waals surface area contributed by atoms with Crippen molar-refractivity contribution in [3.05, 3.63) is 48.8 Å². The van der Waals surface area contributed by atoms with Gasteiger partial charge in [0.1, 0.15) is 18.0 Å². The van der Waals surface area contributed by atoms with Crippen LogP contribution in [-0.4, -0.2) is 50.1 Å². The summed E-state index contributed by atoms with van der Waals surface area (Å²) in [6.07, 6.45) is 3.94. The van der Waals surface area contributed by atoms with Gasteiger partial charge < -0.3 is 14.1 Å². The highest BCUT2D eigenvalue weighted by atomic mass is 16.4. The zero-order valence-electron chi connectivity index (χ0n) is 14.7. The second-order valence-electron chi connectivity index (χ2n) is 6.65. The lowest BCUT2D eigenvalue weighted by Crippen LogP contribution is -2.32. The number of oxazole rings is 1. The number of aromatic nitrogens is 3. The number of aryl methyl sites for hydroxylation is 1. The van der Waals surface area contributed by atoms with Crippen LogP contribution in [0.15, 0.2) is 47.3 Å². The maximum absolute atomic E-state index is 11.5. The van der Waals surface area contributed by atoms with Gasteiger partial charge >= 0.3 is 5.97 Å². The molecule has 1 N–H and O–H groups in total. The molecule has 1 aliphatic heterocycles. The number of carboxylic acids is 1. The van der Waals surface area contributed by atoms with Crippen molar-refractivity contribution in [1.29, 1.82) is 0 Å². The van der Waals surface area contributed by atoms with E-state index in [9.17, 15) is 9.90 Å². The van der Waals surface area contributed by atoms with Crippen molar-refractivity contribution in [1.82, 2.24) is 19.4 Å². The molecule has 1 aromatic carbocycles. The van der Waals surface area contributed by atoms with E-state index in [0.717, 1.165) is 17.0 Å². The summed E-state index contributed by atoms with van der Waals surface area (Å²) in [5.41, 5.74) is 3.38. The number of hydrogen-bond donors (Lipinski definition) is 1. The summed E-state index contributed by atoms with van der Waals surface area (Å²) in [6, 6.07) is 9.43. The second-order valence-corrected chi connectivity index (χ2v) is 6.65. The molecule has 0 amide bonds. The van der Waals surface area contributed by atoms with Crippen LogP contribution in [0.25, 0.3) is 22.6 Å². The normalized spacial score (nSPS) is 20.5. The van der Waals surface area contributed by atoms with Crippen LogP contribution in [0.2, 0.25) is 0 Å². The van der Waals surface area contributed by atoms with Gasteiger partial charge in [0.2, 0.25) is 0 Å². The number of carbonyl (C=O) groups is 1. The molecule has 0 bridgehead atoms. The Balaban J connectivity index is 1.81. The summed E-state index contributed by atoms with van der Waals surface area (Å²) >= 11 is 0. The quantitative estimate of drug-likeness (QED) is 0.777. The highest BCUT2D eigenvalue weighted by molar-refractivity contribution is 5.77. The Kier molecular flexibility index (Phi) is 4.08. The number of rotatable bonds is 4. The molecule has 1 aliphatic rings. The minimum atomic E-state index is -0.794. The lowest BCUT2D eigenvalue weighted by Gasteiger charge is -2.15. The molecule has 7 heteroatoms. The lowest BCUT2D eigenvalue weighted by atomic mass is 10.1. The van der Waals surface area contributed by atoms with E-state index in [1.165, 1.54) is 0 Å². The second kappa shape index (κ2) is 6.42. The van der Waals surface area contributed by atoms with E-state index >= 15 is 0 Å². The molecule has 26 heavy (non-hydrogen) atoms. The van der Waals surface area contributed by atoms with Crippen molar-refractivity contribution in [3.63, 3.8) is 0 Å². The van der Waals surface area contributed by atoms with E-state index in [4.69, 9.17) is 4.42 Å². The van der Waals surface area contributed by atoms with Gasteiger partial charge in [0.15, 0.2) is 5.89 Å². The Morgan fingerprint density at radius 1 is 1.31 bits per heavy atom. The Morgan fingerprint density at radius 2 is 2.08 bits per heavy atom. The van der Waals surface area contributed by atoms with Crippen molar-refractivity contribution in [2.75, 3.05) is 13.6 Å². The number of aliphatic carboxylic acids is 1. The lowest BCUT2D eigenvalue weighted by molar-refractivity contribution is -0.141. The molecule has 0 unspecified atom stereocenters. The van der Waals surface area contributed by atoms with Crippen LogP contribution in [0.4, 0.5) is 0 Å². The SMILES string of the molecule is Cc1nc(-c2c(-c3ccccc3)ncn2[C@H]2C[C@@H](C(=O)O)N(C)C2)co1. The third-order valence-corrected chi connectivity index (χ3v) is 4.91. The minimum Gasteiger partial charge on any atom is -0.480 e. The summed E-state index contributed by atoms with van der Waals surface area (Å²) < 4.78 is 7.46. The number of hydrogen-bond acceptors (Lipinski definition) is 5. The molecule has 0 radical (unpaired) electrons. The summed E-state index contributed by atoms with van der Waals surface area (Å²) in [5.74, 6) is -0.212. The molecule has 2 atom stereocenters. The molecule has 134 valence electrons. The van der Waals surface area contributed by atoms with Crippen molar-refractivity contribution in [2.45, 2.75) is 25.4 Å². The van der Waals surface area contributed by atoms with E-state index < -0.39 is 12.0 Å². The molecule has 0 spiro atoms. The smallest absolute Gasteiger partial charge is 0.320 e. The maximum atomic E-state index is 11.5. The average molecular weight is 352 g/mol. The minimum absolute atomic E-state index is 0.0121. The third-order valence-electron chi connectivity index (χ3n) is 4.91. The fraction of sp³-hybridized carbons (Fsp3) is 0.316. The molecule has 3 aromatic rings. The fourth-order valence-corrected chi connectivity index (χ4v) is 3.63. The van der Waals surface area contributed by atoms with Gasteiger partial charge in [-0.15, -0.1) is 0 Å². The molecular formula is C19H20N4O3.